The van der Waals surface area contributed by atoms with E-state index in [0.717, 1.165) is 5.56 Å². The molecule has 1 amide bonds. The number of methoxy groups -OCH3 is 1. The van der Waals surface area contributed by atoms with Gasteiger partial charge in [-0.25, -0.2) is 0 Å². The minimum atomic E-state index is -4.18. The van der Waals surface area contributed by atoms with Gasteiger partial charge in [0.15, 0.2) is 0 Å². The molecule has 2 rings (SSSR count). The summed E-state index contributed by atoms with van der Waals surface area (Å²) in [5, 5.41) is 14.7. The monoisotopic (exact) mass is 444 g/mol. The Morgan fingerprint density at radius 1 is 1.30 bits per heavy atom. The van der Waals surface area contributed by atoms with Crippen LogP contribution in [-0.2, 0) is 34.6 Å². The van der Waals surface area contributed by atoms with Gasteiger partial charge in [-0.1, -0.05) is 0 Å². The second-order valence-electron chi connectivity index (χ2n) is 7.70. The van der Waals surface area contributed by atoms with E-state index in [1.807, 2.05) is 6.07 Å². The van der Waals surface area contributed by atoms with Gasteiger partial charge in [0.25, 0.3) is 0 Å². The fraction of sp³-hybridized carbons (Fsp3) is 0.526. The Bertz CT molecular complexity index is 760. The summed E-state index contributed by atoms with van der Waals surface area (Å²) >= 11 is 0. The molecular weight excluding hydrogens is 415 g/mol. The standard InChI is InChI=1S/C19H29N2O8P/c1-19(2)12-28-30(26,29-16(19)17(23)20-10-9-15(22)27-3)21-14(18(24)25)11-13-7-5-4-6-8-13/h4-8,14,16,21,26,30H,9-12H2,1-3H3,(H,20,23)(H,24,25)/t14-,16-/m0/s1. The van der Waals surface area contributed by atoms with Crippen molar-refractivity contribution in [2.45, 2.75) is 38.8 Å². The van der Waals surface area contributed by atoms with Crippen molar-refractivity contribution in [1.29, 1.82) is 0 Å². The zero-order valence-electron chi connectivity index (χ0n) is 17.2. The Balaban J connectivity index is 2.07. The molecule has 10 nitrogen and oxygen atoms in total. The normalized spacial score (nSPS) is 21.8. The summed E-state index contributed by atoms with van der Waals surface area (Å²) in [5.74, 6) is -2.19. The van der Waals surface area contributed by atoms with Crippen molar-refractivity contribution in [2.75, 3.05) is 20.3 Å². The molecule has 0 radical (unpaired) electrons. The van der Waals surface area contributed by atoms with E-state index >= 15 is 0 Å². The molecule has 0 bridgehead atoms. The van der Waals surface area contributed by atoms with Crippen LogP contribution < -0.4 is 10.4 Å². The summed E-state index contributed by atoms with van der Waals surface area (Å²) in [6, 6.07) is 7.75. The summed E-state index contributed by atoms with van der Waals surface area (Å²) in [4.78, 5) is 46.4. The number of hydrogen-bond donors (Lipinski definition) is 4. The first-order valence-corrected chi connectivity index (χ1v) is 11.3. The molecule has 0 unspecified atom stereocenters. The van der Waals surface area contributed by atoms with Gasteiger partial charge in [-0.05, 0) is 0 Å². The summed E-state index contributed by atoms with van der Waals surface area (Å²) in [6.07, 6.45) is -1.01. The van der Waals surface area contributed by atoms with E-state index in [9.17, 15) is 24.4 Å². The van der Waals surface area contributed by atoms with E-state index in [0.29, 0.717) is 0 Å². The van der Waals surface area contributed by atoms with Crippen LogP contribution in [-0.4, -0.2) is 60.3 Å². The van der Waals surface area contributed by atoms with Crippen molar-refractivity contribution in [3.63, 3.8) is 0 Å². The molecule has 1 heterocycles. The zero-order chi connectivity index (χ0) is 22.4. The van der Waals surface area contributed by atoms with Crippen molar-refractivity contribution in [3.05, 3.63) is 35.9 Å². The quantitative estimate of drug-likeness (QED) is 0.321. The second-order valence-corrected chi connectivity index (χ2v) is 9.68. The molecule has 30 heavy (non-hydrogen) atoms. The number of amides is 1. The molecule has 0 spiro atoms. The number of carbonyl (C=O) groups excluding carboxylic acids is 2. The molecule has 1 aromatic rings. The average molecular weight is 444 g/mol. The van der Waals surface area contributed by atoms with Crippen molar-refractivity contribution in [3.8, 4) is 0 Å². The molecule has 1 fully saturated rings. The molecule has 2 atom stereocenters. The van der Waals surface area contributed by atoms with Gasteiger partial charge < -0.3 is 0 Å². The van der Waals surface area contributed by atoms with Gasteiger partial charge in [0.05, 0.1) is 0 Å². The van der Waals surface area contributed by atoms with E-state index in [4.69, 9.17) is 9.05 Å². The Morgan fingerprint density at radius 2 is 1.97 bits per heavy atom. The molecule has 4 N–H and O–H groups in total. The van der Waals surface area contributed by atoms with Gasteiger partial charge in [0.1, 0.15) is 0 Å². The second kappa shape index (κ2) is 10.3. The van der Waals surface area contributed by atoms with Crippen LogP contribution in [0.1, 0.15) is 25.8 Å². The minimum absolute atomic E-state index is 0.00992. The Kier molecular flexibility index (Phi) is 8.28. The molecule has 1 saturated heterocycles. The van der Waals surface area contributed by atoms with Crippen molar-refractivity contribution >= 4 is 25.9 Å². The molecule has 0 aromatic heterocycles. The number of esters is 1. The molecule has 0 saturated carbocycles. The van der Waals surface area contributed by atoms with Crippen LogP contribution in [0, 0.1) is 5.41 Å². The zero-order valence-corrected chi connectivity index (χ0v) is 18.2. The first kappa shape index (κ1) is 24.2. The Labute approximate surface area is 175 Å². The average Bonchev–Trinajstić information content (AvgIpc) is 2.70. The van der Waals surface area contributed by atoms with Crippen LogP contribution in [0.15, 0.2) is 30.3 Å². The third-order valence-corrected chi connectivity index (χ3v) is 6.46. The van der Waals surface area contributed by atoms with Gasteiger partial charge in [-0.15, -0.1) is 0 Å². The number of carboxylic acids is 1. The Morgan fingerprint density at radius 3 is 2.57 bits per heavy atom. The van der Waals surface area contributed by atoms with E-state index in [-0.39, 0.29) is 26.0 Å². The molecule has 0 aliphatic carbocycles. The van der Waals surface area contributed by atoms with E-state index in [1.165, 1.54) is 7.11 Å². The van der Waals surface area contributed by atoms with Crippen molar-refractivity contribution in [1.82, 2.24) is 10.4 Å². The number of carboxylic acid groups (broad SMARTS) is 1. The van der Waals surface area contributed by atoms with Crippen molar-refractivity contribution in [2.24, 2.45) is 5.41 Å². The molecule has 1 aliphatic rings. The van der Waals surface area contributed by atoms with E-state index in [2.05, 4.69) is 15.1 Å². The topological polar surface area (TPSA) is 143 Å². The molecular formula is C19H29N2O8P. The SMILES string of the molecule is COC(=O)CCNC(=O)[C@@H]1O[PH](O)(N[C@@H](Cc2ccccc2)C(=O)O)OCC1(C)C. The maximum atomic E-state index is 12.6. The number of hydrogen-bond acceptors (Lipinski definition) is 8. The summed E-state index contributed by atoms with van der Waals surface area (Å²) in [5.41, 5.74) is -0.0303. The third-order valence-electron chi connectivity index (χ3n) is 4.66. The summed E-state index contributed by atoms with van der Waals surface area (Å²) in [7, 11) is -2.93. The number of carbonyl (C=O) groups is 3. The molecule has 168 valence electrons. The molecule has 11 heteroatoms. The molecule has 1 aliphatic heterocycles. The van der Waals surface area contributed by atoms with Crippen LogP contribution in [0.4, 0.5) is 0 Å². The third kappa shape index (κ3) is 6.72. The van der Waals surface area contributed by atoms with Gasteiger partial charge in [0.2, 0.25) is 0 Å². The molecule has 1 aromatic carbocycles. The van der Waals surface area contributed by atoms with Crippen LogP contribution in [0.2, 0.25) is 0 Å². The van der Waals surface area contributed by atoms with E-state index in [1.54, 1.807) is 38.1 Å². The number of aliphatic carboxylic acids is 1. The van der Waals surface area contributed by atoms with Gasteiger partial charge in [-0.2, -0.15) is 0 Å². The van der Waals surface area contributed by atoms with Crippen LogP contribution >= 0.6 is 8.09 Å². The van der Waals surface area contributed by atoms with Crippen LogP contribution in [0.25, 0.3) is 0 Å². The van der Waals surface area contributed by atoms with Crippen LogP contribution in [0.5, 0.6) is 0 Å². The predicted octanol–water partition coefficient (Wildman–Crippen LogP) is 0.795. The number of rotatable bonds is 9. The predicted molar refractivity (Wildman–Crippen MR) is 109 cm³/mol. The van der Waals surface area contributed by atoms with Gasteiger partial charge in [-0.3, -0.25) is 0 Å². The van der Waals surface area contributed by atoms with Crippen LogP contribution in [0.3, 0.4) is 0 Å². The number of ether oxygens (including phenoxy) is 1. The first-order chi connectivity index (χ1) is 14.1. The first-order valence-electron chi connectivity index (χ1n) is 9.49. The maximum absolute atomic E-state index is 12.6. The summed E-state index contributed by atoms with van der Waals surface area (Å²) < 4.78 is 15.6. The fourth-order valence-electron chi connectivity index (χ4n) is 2.95. The Hall–Kier alpha value is -2.10. The number of benzene rings is 1. The van der Waals surface area contributed by atoms with Gasteiger partial charge >= 0.3 is 175 Å². The fourth-order valence-corrected chi connectivity index (χ4v) is 5.15. The number of nitrogens with one attached hydrogen (secondary N) is 2. The summed E-state index contributed by atoms with van der Waals surface area (Å²) in [6.45, 7) is 3.48. The van der Waals surface area contributed by atoms with Gasteiger partial charge in [0, 0.05) is 0 Å². The van der Waals surface area contributed by atoms with E-state index < -0.39 is 43.5 Å². The van der Waals surface area contributed by atoms with Crippen molar-refractivity contribution < 1.29 is 38.2 Å².